The summed E-state index contributed by atoms with van der Waals surface area (Å²) in [6.45, 7) is 6.08. The highest BCUT2D eigenvalue weighted by Crippen LogP contribution is 2.37. The van der Waals surface area contributed by atoms with Gasteiger partial charge < -0.3 is 5.11 Å². The van der Waals surface area contributed by atoms with Crippen LogP contribution in [0.1, 0.15) is 16.7 Å². The molecule has 88 valence electrons. The van der Waals surface area contributed by atoms with Crippen LogP contribution in [-0.4, -0.2) is 5.11 Å². The van der Waals surface area contributed by atoms with E-state index in [1.807, 2.05) is 25.1 Å². The van der Waals surface area contributed by atoms with E-state index >= 15 is 0 Å². The van der Waals surface area contributed by atoms with Gasteiger partial charge in [-0.3, -0.25) is 0 Å². The molecule has 2 aromatic rings. The molecule has 1 nitrogen and oxygen atoms in total. The van der Waals surface area contributed by atoms with E-state index in [1.54, 1.807) is 0 Å². The predicted octanol–water partition coefficient (Wildman–Crippen LogP) is 4.75. The minimum absolute atomic E-state index is 0.358. The molecule has 0 fully saturated rings. The molecule has 2 aromatic carbocycles. The zero-order valence-corrected chi connectivity index (χ0v) is 11.8. The molecule has 0 atom stereocenters. The lowest BCUT2D eigenvalue weighted by molar-refractivity contribution is 0.473. The molecule has 0 aliphatic rings. The lowest BCUT2D eigenvalue weighted by Gasteiger charge is -2.11. The Labute approximate surface area is 110 Å². The molecule has 1 N–H and O–H groups in total. The number of phenols is 1. The van der Waals surface area contributed by atoms with Crippen LogP contribution in [-0.2, 0) is 0 Å². The smallest absolute Gasteiger partial charge is 0.126 e. The maximum absolute atomic E-state index is 10.1. The fourth-order valence-corrected chi connectivity index (χ4v) is 2.54. The molecule has 2 heteroatoms. The van der Waals surface area contributed by atoms with Crippen molar-refractivity contribution in [2.24, 2.45) is 0 Å². The average molecular weight is 291 g/mol. The number of hydrogen-bond acceptors (Lipinski definition) is 1. The van der Waals surface area contributed by atoms with Gasteiger partial charge in [-0.1, -0.05) is 34.1 Å². The molecule has 0 radical (unpaired) electrons. The van der Waals surface area contributed by atoms with Gasteiger partial charge in [0, 0.05) is 10.0 Å². The van der Waals surface area contributed by atoms with E-state index < -0.39 is 0 Å². The van der Waals surface area contributed by atoms with Crippen molar-refractivity contribution in [3.05, 3.63) is 51.5 Å². The van der Waals surface area contributed by atoms with Crippen molar-refractivity contribution in [1.82, 2.24) is 0 Å². The Bertz CT molecular complexity index is 573. The first-order valence-corrected chi connectivity index (χ1v) is 6.35. The second-order valence-corrected chi connectivity index (χ2v) is 5.24. The fourth-order valence-electron chi connectivity index (χ4n) is 1.86. The van der Waals surface area contributed by atoms with E-state index in [2.05, 4.69) is 41.9 Å². The van der Waals surface area contributed by atoms with E-state index in [1.165, 1.54) is 11.1 Å². The monoisotopic (exact) mass is 290 g/mol. The molecule has 0 saturated heterocycles. The number of phenolic OH excluding ortho intramolecular Hbond substituents is 1. The number of rotatable bonds is 1. The Morgan fingerprint density at radius 3 is 2.24 bits per heavy atom. The van der Waals surface area contributed by atoms with Crippen molar-refractivity contribution in [2.75, 3.05) is 0 Å². The Balaban J connectivity index is 2.69. The second kappa shape index (κ2) is 4.53. The number of benzene rings is 2. The Morgan fingerprint density at radius 2 is 1.53 bits per heavy atom. The second-order valence-electron chi connectivity index (χ2n) is 4.39. The molecule has 0 spiro atoms. The van der Waals surface area contributed by atoms with Crippen LogP contribution in [0.4, 0.5) is 0 Å². The average Bonchev–Trinajstić information content (AvgIpc) is 2.28. The van der Waals surface area contributed by atoms with Crippen molar-refractivity contribution >= 4 is 15.9 Å². The van der Waals surface area contributed by atoms with Crippen LogP contribution in [0.2, 0.25) is 0 Å². The minimum atomic E-state index is 0.358. The number of aromatic hydroxyl groups is 1. The summed E-state index contributed by atoms with van der Waals surface area (Å²) in [6, 6.07) is 10.0. The SMILES string of the molecule is Cc1cc(Br)c(-c2cccc(C)c2O)cc1C. The van der Waals surface area contributed by atoms with Crippen LogP contribution < -0.4 is 0 Å². The van der Waals surface area contributed by atoms with Crippen molar-refractivity contribution < 1.29 is 5.11 Å². The molecule has 17 heavy (non-hydrogen) atoms. The largest absolute Gasteiger partial charge is 0.507 e. The minimum Gasteiger partial charge on any atom is -0.507 e. The summed E-state index contributed by atoms with van der Waals surface area (Å²) in [4.78, 5) is 0. The van der Waals surface area contributed by atoms with E-state index in [0.29, 0.717) is 5.75 Å². The molecule has 2 rings (SSSR count). The standard InChI is InChI=1S/C15H15BrO/c1-9-5-4-6-12(15(9)17)13-7-10(2)11(3)8-14(13)16/h4-8,17H,1-3H3. The summed E-state index contributed by atoms with van der Waals surface area (Å²) < 4.78 is 1.02. The normalized spacial score (nSPS) is 10.6. The maximum Gasteiger partial charge on any atom is 0.126 e. The van der Waals surface area contributed by atoms with E-state index in [-0.39, 0.29) is 0 Å². The Morgan fingerprint density at radius 1 is 0.882 bits per heavy atom. The van der Waals surface area contributed by atoms with Crippen molar-refractivity contribution in [3.8, 4) is 16.9 Å². The highest BCUT2D eigenvalue weighted by atomic mass is 79.9. The third-order valence-corrected chi connectivity index (χ3v) is 3.77. The molecule has 0 heterocycles. The molecule has 0 unspecified atom stereocenters. The van der Waals surface area contributed by atoms with Crippen molar-refractivity contribution in [2.45, 2.75) is 20.8 Å². The van der Waals surface area contributed by atoms with E-state index in [4.69, 9.17) is 0 Å². The van der Waals surface area contributed by atoms with Gasteiger partial charge >= 0.3 is 0 Å². The van der Waals surface area contributed by atoms with Crippen LogP contribution in [0.25, 0.3) is 11.1 Å². The summed E-state index contributed by atoms with van der Waals surface area (Å²) in [5.41, 5.74) is 5.28. The predicted molar refractivity (Wildman–Crippen MR) is 75.5 cm³/mol. The van der Waals surface area contributed by atoms with Crippen molar-refractivity contribution in [1.29, 1.82) is 0 Å². The lowest BCUT2D eigenvalue weighted by atomic mass is 9.98. The number of halogens is 1. The van der Waals surface area contributed by atoms with E-state index in [9.17, 15) is 5.11 Å². The van der Waals surface area contributed by atoms with Gasteiger partial charge in [-0.15, -0.1) is 0 Å². The van der Waals surface area contributed by atoms with Gasteiger partial charge in [0.2, 0.25) is 0 Å². The van der Waals surface area contributed by atoms with Crippen LogP contribution in [0.3, 0.4) is 0 Å². The van der Waals surface area contributed by atoms with Crippen molar-refractivity contribution in [3.63, 3.8) is 0 Å². The van der Waals surface area contributed by atoms with Gasteiger partial charge in [-0.2, -0.15) is 0 Å². The number of hydrogen-bond donors (Lipinski definition) is 1. The highest BCUT2D eigenvalue weighted by Gasteiger charge is 2.10. The third-order valence-electron chi connectivity index (χ3n) is 3.11. The van der Waals surface area contributed by atoms with Gasteiger partial charge in [-0.25, -0.2) is 0 Å². The van der Waals surface area contributed by atoms with Gasteiger partial charge in [0.15, 0.2) is 0 Å². The molecule has 0 aliphatic heterocycles. The summed E-state index contributed by atoms with van der Waals surface area (Å²) >= 11 is 3.57. The Kier molecular flexibility index (Phi) is 3.25. The molecular formula is C15H15BrO. The lowest BCUT2D eigenvalue weighted by Crippen LogP contribution is -1.88. The summed E-state index contributed by atoms with van der Waals surface area (Å²) in [5.74, 6) is 0.358. The summed E-state index contributed by atoms with van der Waals surface area (Å²) in [6.07, 6.45) is 0. The zero-order valence-electron chi connectivity index (χ0n) is 10.2. The van der Waals surface area contributed by atoms with Gasteiger partial charge in [0.25, 0.3) is 0 Å². The molecule has 0 bridgehead atoms. The first-order valence-electron chi connectivity index (χ1n) is 5.56. The fraction of sp³-hybridized carbons (Fsp3) is 0.200. The molecule has 0 aliphatic carbocycles. The first-order chi connectivity index (χ1) is 8.00. The van der Waals surface area contributed by atoms with E-state index in [0.717, 1.165) is 21.2 Å². The molecule has 0 saturated carbocycles. The maximum atomic E-state index is 10.1. The number of aryl methyl sites for hydroxylation is 3. The van der Waals surface area contributed by atoms with Gasteiger partial charge in [-0.05, 0) is 55.2 Å². The molecular weight excluding hydrogens is 276 g/mol. The van der Waals surface area contributed by atoms with Crippen LogP contribution in [0, 0.1) is 20.8 Å². The highest BCUT2D eigenvalue weighted by molar-refractivity contribution is 9.10. The molecule has 0 amide bonds. The number of para-hydroxylation sites is 1. The zero-order chi connectivity index (χ0) is 12.6. The summed E-state index contributed by atoms with van der Waals surface area (Å²) in [5, 5.41) is 10.1. The first kappa shape index (κ1) is 12.2. The van der Waals surface area contributed by atoms with Gasteiger partial charge in [0.05, 0.1) is 0 Å². The quantitative estimate of drug-likeness (QED) is 0.804. The molecule has 0 aromatic heterocycles. The van der Waals surface area contributed by atoms with Gasteiger partial charge in [0.1, 0.15) is 5.75 Å². The third kappa shape index (κ3) is 2.22. The van der Waals surface area contributed by atoms with Crippen LogP contribution in [0.5, 0.6) is 5.75 Å². The Hall–Kier alpha value is -1.28. The van der Waals surface area contributed by atoms with Crippen LogP contribution in [0.15, 0.2) is 34.8 Å². The van der Waals surface area contributed by atoms with Crippen LogP contribution >= 0.6 is 15.9 Å². The summed E-state index contributed by atoms with van der Waals surface area (Å²) in [7, 11) is 0. The topological polar surface area (TPSA) is 20.2 Å².